The predicted molar refractivity (Wildman–Crippen MR) is 118 cm³/mol. The predicted octanol–water partition coefficient (Wildman–Crippen LogP) is 3.79. The molecule has 0 aliphatic rings. The van der Waals surface area contributed by atoms with E-state index in [1.807, 2.05) is 48.7 Å². The zero-order valence-corrected chi connectivity index (χ0v) is 17.7. The number of aryl methyl sites for hydroxylation is 1. The van der Waals surface area contributed by atoms with E-state index in [-0.39, 0.29) is 12.1 Å². The van der Waals surface area contributed by atoms with Crippen LogP contribution in [0.3, 0.4) is 0 Å². The summed E-state index contributed by atoms with van der Waals surface area (Å²) in [5.74, 6) is -0.479. The van der Waals surface area contributed by atoms with Crippen molar-refractivity contribution in [3.05, 3.63) is 87.6 Å². The van der Waals surface area contributed by atoms with E-state index in [0.717, 1.165) is 22.3 Å². The van der Waals surface area contributed by atoms with E-state index < -0.39 is 15.9 Å². The van der Waals surface area contributed by atoms with Crippen molar-refractivity contribution in [2.75, 3.05) is 10.6 Å². The topological polar surface area (TPSA) is 78.8 Å². The molecule has 1 heterocycles. The third-order valence-electron chi connectivity index (χ3n) is 4.24. The lowest BCUT2D eigenvalue weighted by Gasteiger charge is -2.24. The van der Waals surface area contributed by atoms with Gasteiger partial charge in [-0.1, -0.05) is 42.5 Å². The molecule has 0 fully saturated rings. The molecule has 1 aromatic heterocycles. The van der Waals surface area contributed by atoms with Gasteiger partial charge in [-0.25, -0.2) is 13.8 Å². The van der Waals surface area contributed by atoms with Gasteiger partial charge in [-0.2, -0.15) is 5.10 Å². The van der Waals surface area contributed by atoms with Crippen LogP contribution in [-0.2, 0) is 16.6 Å². The molecule has 0 aliphatic carbocycles. The average molecular weight is 428 g/mol. The number of para-hydroxylation sites is 1. The van der Waals surface area contributed by atoms with E-state index in [9.17, 15) is 13.2 Å². The zero-order valence-electron chi connectivity index (χ0n) is 16.1. The van der Waals surface area contributed by atoms with E-state index >= 15 is 0 Å². The molecule has 0 bridgehead atoms. The van der Waals surface area contributed by atoms with Crippen molar-refractivity contribution < 1.29 is 13.2 Å². The highest BCUT2D eigenvalue weighted by Gasteiger charge is 2.23. The van der Waals surface area contributed by atoms with E-state index in [0.29, 0.717) is 5.69 Å². The molecule has 0 atom stereocenters. The quantitative estimate of drug-likeness (QED) is 0.460. The Bertz CT molecular complexity index is 1120. The maximum atomic E-state index is 12.7. The summed E-state index contributed by atoms with van der Waals surface area (Å²) >= 11 is 1.52. The van der Waals surface area contributed by atoms with Gasteiger partial charge in [0.25, 0.3) is 5.91 Å². The summed E-state index contributed by atoms with van der Waals surface area (Å²) < 4.78 is 26.2. The van der Waals surface area contributed by atoms with Crippen LogP contribution in [-0.4, -0.2) is 26.8 Å². The second-order valence-corrected chi connectivity index (χ2v) is 9.29. The number of thiophene rings is 1. The maximum Gasteiger partial charge on any atom is 0.273 e. The lowest BCUT2D eigenvalue weighted by molar-refractivity contribution is 0.0956. The summed E-state index contributed by atoms with van der Waals surface area (Å²) in [6.07, 6.45) is 2.71. The Balaban J connectivity index is 1.88. The molecule has 0 aliphatic heterocycles. The van der Waals surface area contributed by atoms with Gasteiger partial charge in [-0.3, -0.25) is 9.10 Å². The van der Waals surface area contributed by atoms with Crippen molar-refractivity contribution >= 4 is 39.2 Å². The van der Waals surface area contributed by atoms with E-state index in [2.05, 4.69) is 10.5 Å². The molecule has 0 radical (unpaired) electrons. The van der Waals surface area contributed by atoms with E-state index in [1.165, 1.54) is 15.6 Å². The molecule has 29 heavy (non-hydrogen) atoms. The Labute approximate surface area is 174 Å². The highest BCUT2D eigenvalue weighted by molar-refractivity contribution is 7.92. The van der Waals surface area contributed by atoms with Crippen molar-refractivity contribution in [1.82, 2.24) is 5.43 Å². The maximum absolute atomic E-state index is 12.7. The van der Waals surface area contributed by atoms with Gasteiger partial charge in [0.15, 0.2) is 0 Å². The molecule has 1 amide bonds. The summed E-state index contributed by atoms with van der Waals surface area (Å²) in [6.45, 7) is 2.09. The fourth-order valence-electron chi connectivity index (χ4n) is 2.74. The number of rotatable bonds is 7. The fraction of sp³-hybridized carbons (Fsp3) is 0.143. The number of anilines is 1. The van der Waals surface area contributed by atoms with Gasteiger partial charge in [-0.05, 0) is 41.6 Å². The van der Waals surface area contributed by atoms with Crippen molar-refractivity contribution in [2.24, 2.45) is 5.10 Å². The minimum Gasteiger partial charge on any atom is -0.267 e. The minimum absolute atomic E-state index is 0.127. The summed E-state index contributed by atoms with van der Waals surface area (Å²) in [6, 6.07) is 17.8. The second kappa shape index (κ2) is 9.02. The lowest BCUT2D eigenvalue weighted by Crippen LogP contribution is -2.32. The Morgan fingerprint density at radius 1 is 1.10 bits per heavy atom. The SMILES string of the molecule is Cc1ccsc1C=NNC(=O)c1ccccc1N(Cc1ccccc1)S(C)(=O)=O. The number of amides is 1. The van der Waals surface area contributed by atoms with Crippen molar-refractivity contribution in [1.29, 1.82) is 0 Å². The molecule has 2 aromatic carbocycles. The first-order chi connectivity index (χ1) is 13.9. The minimum atomic E-state index is -3.62. The van der Waals surface area contributed by atoms with Crippen molar-refractivity contribution in [3.8, 4) is 0 Å². The molecule has 6 nitrogen and oxygen atoms in total. The molecule has 1 N–H and O–H groups in total. The summed E-state index contributed by atoms with van der Waals surface area (Å²) in [7, 11) is -3.62. The molecule has 8 heteroatoms. The van der Waals surface area contributed by atoms with Crippen LogP contribution < -0.4 is 9.73 Å². The molecule has 0 saturated carbocycles. The molecular formula is C21H21N3O3S2. The smallest absolute Gasteiger partial charge is 0.267 e. The molecule has 0 unspecified atom stereocenters. The van der Waals surface area contributed by atoms with Crippen molar-refractivity contribution in [2.45, 2.75) is 13.5 Å². The first kappa shape index (κ1) is 20.8. The number of sulfonamides is 1. The number of hydrazone groups is 1. The number of hydrogen-bond acceptors (Lipinski definition) is 5. The van der Waals surface area contributed by atoms with Gasteiger partial charge in [0.2, 0.25) is 10.0 Å². The van der Waals surface area contributed by atoms with E-state index in [1.54, 1.807) is 30.5 Å². The average Bonchev–Trinajstić information content (AvgIpc) is 3.11. The van der Waals surface area contributed by atoms with Crippen LogP contribution in [0.5, 0.6) is 0 Å². The van der Waals surface area contributed by atoms with Crippen LogP contribution in [0.1, 0.15) is 26.4 Å². The van der Waals surface area contributed by atoms with Crippen LogP contribution in [0.15, 0.2) is 71.1 Å². The normalized spacial score (nSPS) is 11.5. The Morgan fingerprint density at radius 3 is 2.45 bits per heavy atom. The molecule has 0 saturated heterocycles. The first-order valence-electron chi connectivity index (χ1n) is 8.84. The number of carbonyl (C=O) groups excluding carboxylic acids is 1. The second-order valence-electron chi connectivity index (χ2n) is 6.44. The van der Waals surface area contributed by atoms with Crippen molar-refractivity contribution in [3.63, 3.8) is 0 Å². The monoisotopic (exact) mass is 427 g/mol. The largest absolute Gasteiger partial charge is 0.273 e. The number of nitrogens with one attached hydrogen (secondary N) is 1. The Kier molecular flexibility index (Phi) is 6.46. The molecular weight excluding hydrogens is 406 g/mol. The number of nitrogens with zero attached hydrogens (tertiary/aromatic N) is 2. The van der Waals surface area contributed by atoms with Crippen LogP contribution in [0, 0.1) is 6.92 Å². The number of carbonyl (C=O) groups is 1. The Morgan fingerprint density at radius 2 is 1.79 bits per heavy atom. The number of hydrogen-bond donors (Lipinski definition) is 1. The van der Waals surface area contributed by atoms with Gasteiger partial charge >= 0.3 is 0 Å². The third kappa shape index (κ3) is 5.30. The van der Waals surface area contributed by atoms with Crippen LogP contribution in [0.25, 0.3) is 0 Å². The van der Waals surface area contributed by atoms with Crippen LogP contribution >= 0.6 is 11.3 Å². The molecule has 3 aromatic rings. The fourth-order valence-corrected chi connectivity index (χ4v) is 4.43. The van der Waals surface area contributed by atoms with Gasteiger partial charge in [0.1, 0.15) is 0 Å². The highest BCUT2D eigenvalue weighted by Crippen LogP contribution is 2.25. The third-order valence-corrected chi connectivity index (χ3v) is 6.32. The van der Waals surface area contributed by atoms with Gasteiger partial charge < -0.3 is 0 Å². The molecule has 150 valence electrons. The first-order valence-corrected chi connectivity index (χ1v) is 11.6. The zero-order chi connectivity index (χ0) is 20.9. The van der Waals surface area contributed by atoms with Gasteiger partial charge in [0.05, 0.1) is 30.3 Å². The van der Waals surface area contributed by atoms with Gasteiger partial charge in [0, 0.05) is 4.88 Å². The van der Waals surface area contributed by atoms with E-state index in [4.69, 9.17) is 0 Å². The summed E-state index contributed by atoms with van der Waals surface area (Å²) in [4.78, 5) is 13.7. The molecule has 3 rings (SSSR count). The summed E-state index contributed by atoms with van der Waals surface area (Å²) in [5.41, 5.74) is 4.91. The van der Waals surface area contributed by atoms with Gasteiger partial charge in [-0.15, -0.1) is 11.3 Å². The van der Waals surface area contributed by atoms with Crippen LogP contribution in [0.4, 0.5) is 5.69 Å². The lowest BCUT2D eigenvalue weighted by atomic mass is 10.1. The highest BCUT2D eigenvalue weighted by atomic mass is 32.2. The number of benzene rings is 2. The Hall–Kier alpha value is -2.97. The molecule has 0 spiro atoms. The standard InChI is InChI=1S/C21H21N3O3S2/c1-16-12-13-28-20(16)14-22-23-21(25)18-10-6-7-11-19(18)24(29(2,26)27)15-17-8-4-3-5-9-17/h3-14H,15H2,1-2H3,(H,23,25). The van der Waals surface area contributed by atoms with Crippen LogP contribution in [0.2, 0.25) is 0 Å². The summed E-state index contributed by atoms with van der Waals surface area (Å²) in [5, 5.41) is 5.96.